The van der Waals surface area contributed by atoms with Crippen molar-refractivity contribution in [1.82, 2.24) is 0 Å². The van der Waals surface area contributed by atoms with E-state index in [4.69, 9.17) is 0 Å². The van der Waals surface area contributed by atoms with Crippen LogP contribution in [0.4, 0.5) is 0 Å². The summed E-state index contributed by atoms with van der Waals surface area (Å²) < 4.78 is 0.992. The minimum Gasteiger partial charge on any atom is -0.383 e. The lowest BCUT2D eigenvalue weighted by molar-refractivity contribution is 0.223. The van der Waals surface area contributed by atoms with Crippen LogP contribution in [0, 0.1) is 0 Å². The zero-order valence-electron chi connectivity index (χ0n) is 9.27. The molecule has 17 heavy (non-hydrogen) atoms. The molecule has 1 unspecified atom stereocenters. The Bertz CT molecular complexity index is 531. The van der Waals surface area contributed by atoms with Gasteiger partial charge in [0.1, 0.15) is 6.10 Å². The monoisotopic (exact) mass is 308 g/mol. The van der Waals surface area contributed by atoms with Gasteiger partial charge in [0.05, 0.1) is 4.88 Å². The third-order valence-electron chi connectivity index (χ3n) is 3.17. The smallest absolute Gasteiger partial charge is 0.114 e. The van der Waals surface area contributed by atoms with Gasteiger partial charge >= 0.3 is 0 Å². The van der Waals surface area contributed by atoms with Crippen LogP contribution in [-0.2, 0) is 0 Å². The van der Waals surface area contributed by atoms with Crippen molar-refractivity contribution in [3.63, 3.8) is 0 Å². The zero-order chi connectivity index (χ0) is 11.8. The molecule has 88 valence electrons. The first-order valence-electron chi connectivity index (χ1n) is 5.76. The lowest BCUT2D eigenvalue weighted by Gasteiger charge is -2.11. The minimum atomic E-state index is -0.511. The SMILES string of the molecule is OC(c1cccc(C2CC2)c1)c1sccc1Br. The van der Waals surface area contributed by atoms with Gasteiger partial charge in [0.2, 0.25) is 0 Å². The molecule has 1 heterocycles. The number of halogens is 1. The number of hydrogen-bond donors (Lipinski definition) is 1. The summed E-state index contributed by atoms with van der Waals surface area (Å²) in [6, 6.07) is 10.3. The van der Waals surface area contributed by atoms with Gasteiger partial charge in [-0.3, -0.25) is 0 Å². The molecule has 0 saturated heterocycles. The second-order valence-electron chi connectivity index (χ2n) is 4.48. The van der Waals surface area contributed by atoms with E-state index in [0.29, 0.717) is 0 Å². The van der Waals surface area contributed by atoms with Crippen molar-refractivity contribution in [2.24, 2.45) is 0 Å². The predicted molar refractivity (Wildman–Crippen MR) is 74.5 cm³/mol. The maximum atomic E-state index is 10.4. The van der Waals surface area contributed by atoms with Crippen LogP contribution in [-0.4, -0.2) is 5.11 Å². The number of rotatable bonds is 3. The molecule has 1 saturated carbocycles. The molecule has 1 aliphatic carbocycles. The van der Waals surface area contributed by atoms with Gasteiger partial charge in [0.25, 0.3) is 0 Å². The molecular weight excluding hydrogens is 296 g/mol. The zero-order valence-corrected chi connectivity index (χ0v) is 11.7. The van der Waals surface area contributed by atoms with E-state index < -0.39 is 6.10 Å². The first-order valence-corrected chi connectivity index (χ1v) is 7.44. The number of aliphatic hydroxyl groups is 1. The average molecular weight is 309 g/mol. The lowest BCUT2D eigenvalue weighted by atomic mass is 10.0. The van der Waals surface area contributed by atoms with Crippen molar-refractivity contribution in [2.75, 3.05) is 0 Å². The molecule has 0 radical (unpaired) electrons. The van der Waals surface area contributed by atoms with Gasteiger partial charge in [-0.25, -0.2) is 0 Å². The topological polar surface area (TPSA) is 20.2 Å². The van der Waals surface area contributed by atoms with Gasteiger partial charge in [-0.15, -0.1) is 11.3 Å². The van der Waals surface area contributed by atoms with Crippen LogP contribution in [0.15, 0.2) is 40.2 Å². The van der Waals surface area contributed by atoms with Crippen LogP contribution in [0.2, 0.25) is 0 Å². The van der Waals surface area contributed by atoms with Gasteiger partial charge in [-0.1, -0.05) is 24.3 Å². The van der Waals surface area contributed by atoms with Crippen molar-refractivity contribution in [3.05, 3.63) is 56.2 Å². The van der Waals surface area contributed by atoms with Crippen LogP contribution in [0.25, 0.3) is 0 Å². The summed E-state index contributed by atoms with van der Waals surface area (Å²) in [4.78, 5) is 0.984. The lowest BCUT2D eigenvalue weighted by Crippen LogP contribution is -1.98. The van der Waals surface area contributed by atoms with Gasteiger partial charge in [0.15, 0.2) is 0 Å². The van der Waals surface area contributed by atoms with Crippen LogP contribution in [0.1, 0.15) is 40.9 Å². The van der Waals surface area contributed by atoms with E-state index in [1.54, 1.807) is 11.3 Å². The van der Waals surface area contributed by atoms with E-state index in [2.05, 4.69) is 28.1 Å². The van der Waals surface area contributed by atoms with Crippen molar-refractivity contribution in [1.29, 1.82) is 0 Å². The maximum absolute atomic E-state index is 10.4. The summed E-state index contributed by atoms with van der Waals surface area (Å²) in [5.41, 5.74) is 2.37. The van der Waals surface area contributed by atoms with Crippen molar-refractivity contribution in [3.8, 4) is 0 Å². The molecule has 0 amide bonds. The number of hydrogen-bond acceptors (Lipinski definition) is 2. The Labute approximate surface area is 113 Å². The predicted octanol–water partition coefficient (Wildman–Crippen LogP) is 4.47. The van der Waals surface area contributed by atoms with Crippen LogP contribution in [0.3, 0.4) is 0 Å². The first-order chi connectivity index (χ1) is 8.25. The summed E-state index contributed by atoms with van der Waals surface area (Å²) in [5, 5.41) is 12.4. The fourth-order valence-corrected chi connectivity index (χ4v) is 3.65. The van der Waals surface area contributed by atoms with Gasteiger partial charge < -0.3 is 5.11 Å². The Kier molecular flexibility index (Phi) is 3.07. The fraction of sp³-hybridized carbons (Fsp3) is 0.286. The summed E-state index contributed by atoms with van der Waals surface area (Å²) in [5.74, 6) is 0.730. The van der Waals surface area contributed by atoms with Crippen molar-refractivity contribution >= 4 is 27.3 Å². The van der Waals surface area contributed by atoms with Crippen molar-refractivity contribution in [2.45, 2.75) is 24.9 Å². The molecular formula is C14H13BrOS. The normalized spacial score (nSPS) is 17.1. The molecule has 1 aliphatic rings. The molecule has 1 fully saturated rings. The molecule has 0 bridgehead atoms. The third kappa shape index (κ3) is 2.32. The number of benzene rings is 1. The molecule has 0 spiro atoms. The van der Waals surface area contributed by atoms with E-state index in [0.717, 1.165) is 20.8 Å². The molecule has 3 rings (SSSR count). The van der Waals surface area contributed by atoms with E-state index >= 15 is 0 Å². The molecule has 1 aromatic heterocycles. The Morgan fingerprint density at radius 3 is 2.76 bits per heavy atom. The average Bonchev–Trinajstić information content (AvgIpc) is 3.12. The Balaban J connectivity index is 1.93. The largest absolute Gasteiger partial charge is 0.383 e. The van der Waals surface area contributed by atoms with Crippen LogP contribution in [0.5, 0.6) is 0 Å². The molecule has 1 nitrogen and oxygen atoms in total. The van der Waals surface area contributed by atoms with Gasteiger partial charge in [-0.05, 0) is 57.3 Å². The Morgan fingerprint density at radius 2 is 2.12 bits per heavy atom. The summed E-state index contributed by atoms with van der Waals surface area (Å²) in [6.07, 6.45) is 2.08. The van der Waals surface area contributed by atoms with Crippen molar-refractivity contribution < 1.29 is 5.11 Å². The van der Waals surface area contributed by atoms with Gasteiger partial charge in [-0.2, -0.15) is 0 Å². The van der Waals surface area contributed by atoms with Gasteiger partial charge in [0, 0.05) is 4.47 Å². The highest BCUT2D eigenvalue weighted by Crippen LogP contribution is 2.41. The highest BCUT2D eigenvalue weighted by molar-refractivity contribution is 9.10. The molecule has 0 aliphatic heterocycles. The quantitative estimate of drug-likeness (QED) is 0.887. The third-order valence-corrected chi connectivity index (χ3v) is 5.09. The summed E-state index contributed by atoms with van der Waals surface area (Å²) in [6.45, 7) is 0. The molecule has 1 aromatic carbocycles. The first kappa shape index (κ1) is 11.5. The molecule has 1 atom stereocenters. The maximum Gasteiger partial charge on any atom is 0.114 e. The summed E-state index contributed by atoms with van der Waals surface area (Å²) >= 11 is 5.06. The summed E-state index contributed by atoms with van der Waals surface area (Å²) in [7, 11) is 0. The molecule has 1 N–H and O–H groups in total. The Morgan fingerprint density at radius 1 is 1.29 bits per heavy atom. The highest BCUT2D eigenvalue weighted by atomic mass is 79.9. The van der Waals surface area contributed by atoms with E-state index in [1.165, 1.54) is 18.4 Å². The fourth-order valence-electron chi connectivity index (χ4n) is 2.05. The standard InChI is InChI=1S/C14H13BrOS/c15-12-6-7-17-14(12)13(16)11-3-1-2-10(8-11)9-4-5-9/h1-3,6-9,13,16H,4-5H2. The van der Waals surface area contributed by atoms with Crippen LogP contribution >= 0.6 is 27.3 Å². The molecule has 2 aromatic rings. The van der Waals surface area contributed by atoms with E-state index in [-0.39, 0.29) is 0 Å². The Hall–Kier alpha value is -0.640. The number of aliphatic hydroxyl groups excluding tert-OH is 1. The van der Waals surface area contributed by atoms with Crippen LogP contribution < -0.4 is 0 Å². The highest BCUT2D eigenvalue weighted by Gasteiger charge is 2.24. The second-order valence-corrected chi connectivity index (χ2v) is 6.28. The number of thiophene rings is 1. The second kappa shape index (κ2) is 4.56. The van der Waals surface area contributed by atoms with E-state index in [9.17, 15) is 5.11 Å². The minimum absolute atomic E-state index is 0.511. The van der Waals surface area contributed by atoms with E-state index in [1.807, 2.05) is 23.6 Å². The molecule has 3 heteroatoms.